The second kappa shape index (κ2) is 3.98. The molecule has 14 heavy (non-hydrogen) atoms. The molecule has 0 aliphatic carbocycles. The fourth-order valence-electron chi connectivity index (χ4n) is 1.35. The number of carbonyl (C=O) groups is 2. The summed E-state index contributed by atoms with van der Waals surface area (Å²) in [6, 6.07) is -0.426. The van der Waals surface area contributed by atoms with Gasteiger partial charge in [-0.15, -0.1) is 0 Å². The van der Waals surface area contributed by atoms with Crippen LogP contribution in [0.25, 0.3) is 0 Å². The third-order valence-electron chi connectivity index (χ3n) is 1.96. The molecule has 1 aliphatic rings. The van der Waals surface area contributed by atoms with Gasteiger partial charge >= 0.3 is 5.97 Å². The van der Waals surface area contributed by atoms with Crippen molar-refractivity contribution >= 4 is 11.9 Å². The van der Waals surface area contributed by atoms with E-state index in [1.165, 1.54) is 0 Å². The maximum Gasteiger partial charge on any atom is 0.328 e. The summed E-state index contributed by atoms with van der Waals surface area (Å²) in [7, 11) is 0. The van der Waals surface area contributed by atoms with Crippen LogP contribution in [0.5, 0.6) is 0 Å². The first-order valence-corrected chi connectivity index (χ1v) is 4.84. The van der Waals surface area contributed by atoms with Crippen LogP contribution < -0.4 is 5.32 Å². The maximum atomic E-state index is 11.4. The van der Waals surface area contributed by atoms with Crippen molar-refractivity contribution in [3.05, 3.63) is 0 Å². The minimum Gasteiger partial charge on any atom is -0.464 e. The van der Waals surface area contributed by atoms with Gasteiger partial charge in [-0.2, -0.15) is 0 Å². The number of rotatable bonds is 2. The second-order valence-electron chi connectivity index (χ2n) is 4.81. The van der Waals surface area contributed by atoms with Crippen LogP contribution in [0.2, 0.25) is 0 Å². The molecular formula is C10H17NO3. The minimum absolute atomic E-state index is 0.0490. The van der Waals surface area contributed by atoms with E-state index in [1.807, 2.05) is 20.8 Å². The Morgan fingerprint density at radius 1 is 1.57 bits per heavy atom. The fraction of sp³-hybridized carbons (Fsp3) is 0.800. The molecule has 4 nitrogen and oxygen atoms in total. The fourth-order valence-corrected chi connectivity index (χ4v) is 1.35. The maximum absolute atomic E-state index is 11.4. The molecule has 0 aromatic carbocycles. The smallest absolute Gasteiger partial charge is 0.328 e. The monoisotopic (exact) mass is 199 g/mol. The minimum atomic E-state index is -0.426. The predicted molar refractivity (Wildman–Crippen MR) is 51.6 cm³/mol. The molecule has 1 N–H and O–H groups in total. The summed E-state index contributed by atoms with van der Waals surface area (Å²) in [6.07, 6.45) is 1.02. The molecule has 1 heterocycles. The van der Waals surface area contributed by atoms with Crippen LogP contribution in [0.3, 0.4) is 0 Å². The van der Waals surface area contributed by atoms with E-state index < -0.39 is 6.04 Å². The topological polar surface area (TPSA) is 55.4 Å². The van der Waals surface area contributed by atoms with E-state index in [1.54, 1.807) is 0 Å². The highest BCUT2D eigenvalue weighted by Gasteiger charge is 2.28. The van der Waals surface area contributed by atoms with Crippen LogP contribution in [0.4, 0.5) is 0 Å². The van der Waals surface area contributed by atoms with Crippen molar-refractivity contribution in [1.29, 1.82) is 0 Å². The number of carbonyl (C=O) groups excluding carboxylic acids is 2. The van der Waals surface area contributed by atoms with Crippen LogP contribution in [0.1, 0.15) is 33.6 Å². The Morgan fingerprint density at radius 3 is 2.64 bits per heavy atom. The van der Waals surface area contributed by atoms with Crippen LogP contribution in [0, 0.1) is 5.41 Å². The Bertz CT molecular complexity index is 242. The Hall–Kier alpha value is -1.06. The van der Waals surface area contributed by atoms with Gasteiger partial charge in [0, 0.05) is 12.8 Å². The molecule has 1 saturated heterocycles. The van der Waals surface area contributed by atoms with E-state index in [0.717, 1.165) is 0 Å². The van der Waals surface area contributed by atoms with Crippen molar-refractivity contribution in [2.24, 2.45) is 5.41 Å². The summed E-state index contributed by atoms with van der Waals surface area (Å²) in [5, 5.41) is 2.67. The lowest BCUT2D eigenvalue weighted by Gasteiger charge is -2.18. The van der Waals surface area contributed by atoms with Gasteiger partial charge in [-0.05, 0) is 5.41 Å². The van der Waals surface area contributed by atoms with Crippen molar-refractivity contribution in [1.82, 2.24) is 5.32 Å². The van der Waals surface area contributed by atoms with Crippen LogP contribution >= 0.6 is 0 Å². The zero-order chi connectivity index (χ0) is 10.8. The molecule has 0 saturated carbocycles. The predicted octanol–water partition coefficient (Wildman–Crippen LogP) is 0.854. The Morgan fingerprint density at radius 2 is 2.21 bits per heavy atom. The quantitative estimate of drug-likeness (QED) is 0.671. The second-order valence-corrected chi connectivity index (χ2v) is 4.81. The number of hydrogen-bond donors (Lipinski definition) is 1. The average molecular weight is 199 g/mol. The molecule has 1 aliphatic heterocycles. The molecule has 1 amide bonds. The molecule has 0 aromatic heterocycles. The molecule has 1 unspecified atom stereocenters. The van der Waals surface area contributed by atoms with Crippen molar-refractivity contribution in [2.75, 3.05) is 6.61 Å². The lowest BCUT2D eigenvalue weighted by atomic mass is 9.92. The van der Waals surface area contributed by atoms with Crippen molar-refractivity contribution in [3.63, 3.8) is 0 Å². The van der Waals surface area contributed by atoms with Gasteiger partial charge in [0.05, 0.1) is 6.61 Å². The van der Waals surface area contributed by atoms with E-state index in [0.29, 0.717) is 19.4 Å². The third kappa shape index (κ3) is 3.36. The van der Waals surface area contributed by atoms with Crippen LogP contribution in [0.15, 0.2) is 0 Å². The van der Waals surface area contributed by atoms with E-state index in [-0.39, 0.29) is 17.3 Å². The standard InChI is InChI=1S/C10H17NO3/c1-10(2,3)6-8(12)11-7-4-5-14-9(7)13/h7H,4-6H2,1-3H3,(H,11,12). The van der Waals surface area contributed by atoms with E-state index >= 15 is 0 Å². The number of hydrogen-bond acceptors (Lipinski definition) is 3. The highest BCUT2D eigenvalue weighted by atomic mass is 16.5. The van der Waals surface area contributed by atoms with Gasteiger partial charge < -0.3 is 10.1 Å². The number of amides is 1. The SMILES string of the molecule is CC(C)(C)CC(=O)NC1CCOC1=O. The summed E-state index contributed by atoms with van der Waals surface area (Å²) in [5.74, 6) is -0.395. The van der Waals surface area contributed by atoms with Gasteiger partial charge in [-0.1, -0.05) is 20.8 Å². The Labute approximate surface area is 84.0 Å². The summed E-state index contributed by atoms with van der Waals surface area (Å²) < 4.78 is 4.74. The molecular weight excluding hydrogens is 182 g/mol. The first-order valence-electron chi connectivity index (χ1n) is 4.84. The lowest BCUT2D eigenvalue weighted by molar-refractivity contribution is -0.141. The van der Waals surface area contributed by atoms with Gasteiger partial charge in [0.25, 0.3) is 0 Å². The van der Waals surface area contributed by atoms with Gasteiger partial charge in [0.15, 0.2) is 0 Å². The van der Waals surface area contributed by atoms with E-state index in [2.05, 4.69) is 5.32 Å². The summed E-state index contributed by atoms with van der Waals surface area (Å²) in [6.45, 7) is 6.37. The third-order valence-corrected chi connectivity index (χ3v) is 1.96. The van der Waals surface area contributed by atoms with Crippen LogP contribution in [-0.4, -0.2) is 24.5 Å². The summed E-state index contributed by atoms with van der Waals surface area (Å²) in [5.41, 5.74) is -0.0490. The van der Waals surface area contributed by atoms with Crippen LogP contribution in [-0.2, 0) is 14.3 Å². The molecule has 0 bridgehead atoms. The van der Waals surface area contributed by atoms with E-state index in [9.17, 15) is 9.59 Å². The highest BCUT2D eigenvalue weighted by molar-refractivity contribution is 5.85. The number of ether oxygens (including phenoxy) is 1. The van der Waals surface area contributed by atoms with Gasteiger partial charge in [0.2, 0.25) is 5.91 Å². The first kappa shape index (κ1) is 11.0. The normalized spacial score (nSPS) is 21.9. The lowest BCUT2D eigenvalue weighted by Crippen LogP contribution is -2.39. The molecule has 4 heteroatoms. The molecule has 1 atom stereocenters. The summed E-state index contributed by atoms with van der Waals surface area (Å²) in [4.78, 5) is 22.5. The molecule has 0 spiro atoms. The average Bonchev–Trinajstić information content (AvgIpc) is 2.32. The van der Waals surface area contributed by atoms with Crippen molar-refractivity contribution in [2.45, 2.75) is 39.7 Å². The van der Waals surface area contributed by atoms with Gasteiger partial charge in [-0.3, -0.25) is 4.79 Å². The molecule has 80 valence electrons. The zero-order valence-electron chi connectivity index (χ0n) is 8.92. The number of cyclic esters (lactones) is 1. The molecule has 0 radical (unpaired) electrons. The largest absolute Gasteiger partial charge is 0.464 e. The molecule has 1 rings (SSSR count). The zero-order valence-corrected chi connectivity index (χ0v) is 8.92. The summed E-state index contributed by atoms with van der Waals surface area (Å²) >= 11 is 0. The first-order chi connectivity index (χ1) is 6.38. The van der Waals surface area contributed by atoms with Gasteiger partial charge in [0.1, 0.15) is 6.04 Å². The Kier molecular flexibility index (Phi) is 3.13. The van der Waals surface area contributed by atoms with Gasteiger partial charge in [-0.25, -0.2) is 4.79 Å². The molecule has 0 aromatic rings. The number of esters is 1. The Balaban J connectivity index is 2.37. The number of nitrogens with one attached hydrogen (secondary N) is 1. The van der Waals surface area contributed by atoms with E-state index in [4.69, 9.17) is 4.74 Å². The van der Waals surface area contributed by atoms with Crippen molar-refractivity contribution in [3.8, 4) is 0 Å². The molecule has 1 fully saturated rings. The van der Waals surface area contributed by atoms with Crippen molar-refractivity contribution < 1.29 is 14.3 Å². The highest BCUT2D eigenvalue weighted by Crippen LogP contribution is 2.18.